The molecule has 0 bridgehead atoms. The standard InChI is InChI=1S/C13H18N6S/c1-8(18-19-12(20)17-13(2,3)4)10-15-9-6-5-7-14-11(9)16-10/h5-7H,1-4H3,(H,14,15,16)(H2,17,19,20)/b18-8+. The number of aromatic nitrogens is 3. The van der Waals surface area contributed by atoms with Crippen molar-refractivity contribution in [3.05, 3.63) is 24.2 Å². The smallest absolute Gasteiger partial charge is 0.187 e. The molecule has 6 nitrogen and oxygen atoms in total. The quantitative estimate of drug-likeness (QED) is 0.447. The van der Waals surface area contributed by atoms with Crippen molar-refractivity contribution in [3.63, 3.8) is 0 Å². The molecular weight excluding hydrogens is 272 g/mol. The van der Waals surface area contributed by atoms with Crippen LogP contribution in [0.4, 0.5) is 0 Å². The maximum absolute atomic E-state index is 5.16. The Labute approximate surface area is 123 Å². The van der Waals surface area contributed by atoms with Gasteiger partial charge in [0, 0.05) is 11.7 Å². The normalized spacial score (nSPS) is 12.5. The van der Waals surface area contributed by atoms with Crippen molar-refractivity contribution in [2.75, 3.05) is 0 Å². The van der Waals surface area contributed by atoms with Gasteiger partial charge in [0.25, 0.3) is 0 Å². The van der Waals surface area contributed by atoms with Gasteiger partial charge in [-0.05, 0) is 52.0 Å². The molecule has 0 atom stereocenters. The Kier molecular flexibility index (Phi) is 3.99. The highest BCUT2D eigenvalue weighted by Crippen LogP contribution is 2.07. The summed E-state index contributed by atoms with van der Waals surface area (Å²) >= 11 is 5.16. The van der Waals surface area contributed by atoms with Crippen LogP contribution < -0.4 is 10.7 Å². The minimum atomic E-state index is -0.100. The van der Waals surface area contributed by atoms with Crippen molar-refractivity contribution in [2.45, 2.75) is 33.2 Å². The molecule has 3 N–H and O–H groups in total. The number of hydrogen-bond acceptors (Lipinski definition) is 4. The number of thiocarbonyl (C=S) groups is 1. The average molecular weight is 290 g/mol. The first kappa shape index (κ1) is 14.4. The highest BCUT2D eigenvalue weighted by atomic mass is 32.1. The molecule has 0 unspecified atom stereocenters. The number of imidazole rings is 1. The second-order valence-corrected chi connectivity index (χ2v) is 5.88. The van der Waals surface area contributed by atoms with E-state index in [4.69, 9.17) is 12.2 Å². The molecule has 0 aliphatic rings. The Balaban J connectivity index is 2.08. The van der Waals surface area contributed by atoms with E-state index in [1.165, 1.54) is 0 Å². The third kappa shape index (κ3) is 3.74. The Morgan fingerprint density at radius 2 is 2.15 bits per heavy atom. The van der Waals surface area contributed by atoms with Crippen LogP contribution in [0, 0.1) is 0 Å². The van der Waals surface area contributed by atoms with E-state index >= 15 is 0 Å². The Bertz CT molecular complexity index is 619. The summed E-state index contributed by atoms with van der Waals surface area (Å²) in [6.07, 6.45) is 1.71. The lowest BCUT2D eigenvalue weighted by molar-refractivity contribution is 0.508. The second kappa shape index (κ2) is 5.54. The van der Waals surface area contributed by atoms with E-state index in [0.29, 0.717) is 22.3 Å². The maximum Gasteiger partial charge on any atom is 0.187 e. The van der Waals surface area contributed by atoms with Gasteiger partial charge in [-0.3, -0.25) is 5.43 Å². The molecule has 20 heavy (non-hydrogen) atoms. The van der Waals surface area contributed by atoms with E-state index in [1.54, 1.807) is 6.20 Å². The summed E-state index contributed by atoms with van der Waals surface area (Å²) in [6.45, 7) is 7.94. The average Bonchev–Trinajstić information content (AvgIpc) is 2.77. The van der Waals surface area contributed by atoms with Crippen molar-refractivity contribution in [1.29, 1.82) is 0 Å². The van der Waals surface area contributed by atoms with Crippen LogP contribution in [0.3, 0.4) is 0 Å². The van der Waals surface area contributed by atoms with Gasteiger partial charge in [0.2, 0.25) is 0 Å². The zero-order valence-corrected chi connectivity index (χ0v) is 12.8. The fourth-order valence-electron chi connectivity index (χ4n) is 1.57. The van der Waals surface area contributed by atoms with Crippen molar-refractivity contribution in [2.24, 2.45) is 5.10 Å². The van der Waals surface area contributed by atoms with Crippen LogP contribution in [-0.4, -0.2) is 31.3 Å². The third-order valence-electron chi connectivity index (χ3n) is 2.41. The summed E-state index contributed by atoms with van der Waals surface area (Å²) in [4.78, 5) is 11.7. The Hall–Kier alpha value is -2.02. The highest BCUT2D eigenvalue weighted by Gasteiger charge is 2.11. The summed E-state index contributed by atoms with van der Waals surface area (Å²) in [5.41, 5.74) is 4.97. The third-order valence-corrected chi connectivity index (χ3v) is 2.61. The van der Waals surface area contributed by atoms with Crippen LogP contribution >= 0.6 is 12.2 Å². The summed E-state index contributed by atoms with van der Waals surface area (Å²) in [6, 6.07) is 3.78. The zero-order chi connectivity index (χ0) is 14.8. The number of rotatable bonds is 2. The predicted molar refractivity (Wildman–Crippen MR) is 84.7 cm³/mol. The monoisotopic (exact) mass is 290 g/mol. The zero-order valence-electron chi connectivity index (χ0n) is 12.0. The van der Waals surface area contributed by atoms with Crippen LogP contribution in [0.5, 0.6) is 0 Å². The van der Waals surface area contributed by atoms with Gasteiger partial charge >= 0.3 is 0 Å². The van der Waals surface area contributed by atoms with Crippen LogP contribution in [0.1, 0.15) is 33.5 Å². The van der Waals surface area contributed by atoms with Crippen molar-refractivity contribution in [3.8, 4) is 0 Å². The van der Waals surface area contributed by atoms with Gasteiger partial charge in [-0.2, -0.15) is 5.10 Å². The van der Waals surface area contributed by atoms with Crippen molar-refractivity contribution < 1.29 is 0 Å². The fraction of sp³-hybridized carbons (Fsp3) is 0.385. The van der Waals surface area contributed by atoms with Crippen LogP contribution in [0.15, 0.2) is 23.4 Å². The van der Waals surface area contributed by atoms with E-state index in [-0.39, 0.29) is 5.54 Å². The molecule has 2 heterocycles. The van der Waals surface area contributed by atoms with Gasteiger partial charge in [0.15, 0.2) is 16.6 Å². The molecule has 0 saturated carbocycles. The lowest BCUT2D eigenvalue weighted by atomic mass is 10.1. The number of nitrogens with one attached hydrogen (secondary N) is 3. The van der Waals surface area contributed by atoms with Gasteiger partial charge in [0.05, 0.1) is 5.52 Å². The molecule has 2 rings (SSSR count). The van der Waals surface area contributed by atoms with Gasteiger partial charge in [0.1, 0.15) is 5.71 Å². The van der Waals surface area contributed by atoms with E-state index < -0.39 is 0 Å². The molecule has 0 aromatic carbocycles. The molecule has 7 heteroatoms. The van der Waals surface area contributed by atoms with Crippen LogP contribution in [0.2, 0.25) is 0 Å². The molecule has 2 aromatic rings. The van der Waals surface area contributed by atoms with Gasteiger partial charge < -0.3 is 10.3 Å². The number of fused-ring (bicyclic) bond motifs is 1. The Morgan fingerprint density at radius 1 is 1.40 bits per heavy atom. The molecule has 0 amide bonds. The molecule has 0 saturated heterocycles. The minimum Gasteiger partial charge on any atom is -0.357 e. The van der Waals surface area contributed by atoms with Gasteiger partial charge in [-0.1, -0.05) is 0 Å². The summed E-state index contributed by atoms with van der Waals surface area (Å²) in [5.74, 6) is 0.671. The van der Waals surface area contributed by atoms with Gasteiger partial charge in [-0.15, -0.1) is 0 Å². The van der Waals surface area contributed by atoms with E-state index in [1.807, 2.05) is 39.8 Å². The first-order valence-corrected chi connectivity index (χ1v) is 6.69. The minimum absolute atomic E-state index is 0.100. The number of H-pyrrole nitrogens is 1. The van der Waals surface area contributed by atoms with Crippen LogP contribution in [0.25, 0.3) is 11.2 Å². The molecule has 106 valence electrons. The van der Waals surface area contributed by atoms with Crippen LogP contribution in [-0.2, 0) is 0 Å². The number of hydrogen-bond donors (Lipinski definition) is 3. The highest BCUT2D eigenvalue weighted by molar-refractivity contribution is 7.80. The van der Waals surface area contributed by atoms with E-state index in [2.05, 4.69) is 30.8 Å². The maximum atomic E-state index is 5.16. The van der Waals surface area contributed by atoms with E-state index in [0.717, 1.165) is 5.52 Å². The molecule has 0 aliphatic carbocycles. The molecule has 0 aliphatic heterocycles. The lowest BCUT2D eigenvalue weighted by Gasteiger charge is -2.21. The topological polar surface area (TPSA) is 78.0 Å². The van der Waals surface area contributed by atoms with Crippen molar-refractivity contribution >= 4 is 34.2 Å². The molecule has 0 spiro atoms. The lowest BCUT2D eigenvalue weighted by Crippen LogP contribution is -2.44. The SMILES string of the molecule is C/C(=N\NC(=S)NC(C)(C)C)c1nc2ncccc2[nH]1. The van der Waals surface area contributed by atoms with Crippen molar-refractivity contribution in [1.82, 2.24) is 25.7 Å². The molecular formula is C13H18N6S. The summed E-state index contributed by atoms with van der Waals surface area (Å²) in [7, 11) is 0. The second-order valence-electron chi connectivity index (χ2n) is 5.47. The summed E-state index contributed by atoms with van der Waals surface area (Å²) in [5, 5.41) is 7.82. The first-order chi connectivity index (χ1) is 9.35. The Morgan fingerprint density at radius 3 is 2.80 bits per heavy atom. The number of nitrogens with zero attached hydrogens (tertiary/aromatic N) is 3. The first-order valence-electron chi connectivity index (χ1n) is 6.29. The predicted octanol–water partition coefficient (Wildman–Crippen LogP) is 1.94. The fourth-order valence-corrected chi connectivity index (χ4v) is 1.92. The molecule has 2 aromatic heterocycles. The van der Waals surface area contributed by atoms with E-state index in [9.17, 15) is 0 Å². The molecule has 0 radical (unpaired) electrons. The largest absolute Gasteiger partial charge is 0.357 e. The molecule has 0 fully saturated rings. The number of hydrazone groups is 1. The number of pyridine rings is 1. The number of aromatic amines is 1. The van der Waals surface area contributed by atoms with Gasteiger partial charge in [-0.25, -0.2) is 9.97 Å². The summed E-state index contributed by atoms with van der Waals surface area (Å²) < 4.78 is 0.